The summed E-state index contributed by atoms with van der Waals surface area (Å²) in [6.07, 6.45) is 0.897. The lowest BCUT2D eigenvalue weighted by Gasteiger charge is -2.35. The summed E-state index contributed by atoms with van der Waals surface area (Å²) >= 11 is 0. The third-order valence-corrected chi connectivity index (χ3v) is 5.24. The minimum atomic E-state index is -3.72. The summed E-state index contributed by atoms with van der Waals surface area (Å²) < 4.78 is 32.6. The maximum absolute atomic E-state index is 12.4. The fraction of sp³-hybridized carbons (Fsp3) is 0.538. The van der Waals surface area contributed by atoms with E-state index in [0.29, 0.717) is 31.7 Å². The maximum atomic E-state index is 12.4. The van der Waals surface area contributed by atoms with Gasteiger partial charge in [0.1, 0.15) is 0 Å². The van der Waals surface area contributed by atoms with Gasteiger partial charge in [-0.1, -0.05) is 6.07 Å². The van der Waals surface area contributed by atoms with Crippen LogP contribution in [0.1, 0.15) is 18.4 Å². The Bertz CT molecular complexity index is 580. The number of anilines is 1. The van der Waals surface area contributed by atoms with Gasteiger partial charge in [-0.15, -0.1) is 0 Å². The Morgan fingerprint density at radius 2 is 2.05 bits per heavy atom. The van der Waals surface area contributed by atoms with Crippen LogP contribution in [0.2, 0.25) is 0 Å². The Kier molecular flexibility index (Phi) is 4.33. The van der Waals surface area contributed by atoms with Gasteiger partial charge in [0.15, 0.2) is 0 Å². The van der Waals surface area contributed by atoms with Crippen LogP contribution in [-0.2, 0) is 14.8 Å². The number of aliphatic hydroxyl groups excluding tert-OH is 1. The van der Waals surface area contributed by atoms with Crippen molar-refractivity contribution in [3.05, 3.63) is 23.8 Å². The second kappa shape index (κ2) is 5.69. The van der Waals surface area contributed by atoms with Gasteiger partial charge in [0.2, 0.25) is 10.0 Å². The van der Waals surface area contributed by atoms with E-state index >= 15 is 0 Å². The van der Waals surface area contributed by atoms with E-state index in [9.17, 15) is 13.5 Å². The van der Waals surface area contributed by atoms with Gasteiger partial charge in [-0.3, -0.25) is 0 Å². The zero-order chi connectivity index (χ0) is 14.8. The molecule has 112 valence electrons. The second-order valence-electron chi connectivity index (χ2n) is 5.17. The first kappa shape index (κ1) is 15.2. The molecule has 0 saturated carbocycles. The predicted molar refractivity (Wildman–Crippen MR) is 75.8 cm³/mol. The molecule has 0 unspecified atom stereocenters. The molecule has 1 aromatic carbocycles. The molecule has 1 aliphatic heterocycles. The van der Waals surface area contributed by atoms with Crippen molar-refractivity contribution in [3.63, 3.8) is 0 Å². The van der Waals surface area contributed by atoms with Gasteiger partial charge in [-0.05, 0) is 37.5 Å². The first-order valence-electron chi connectivity index (χ1n) is 6.47. The number of benzene rings is 1. The van der Waals surface area contributed by atoms with E-state index in [2.05, 4.69) is 4.72 Å². The van der Waals surface area contributed by atoms with Crippen molar-refractivity contribution in [2.24, 2.45) is 0 Å². The minimum absolute atomic E-state index is 0.111. The van der Waals surface area contributed by atoms with Gasteiger partial charge in [0.05, 0.1) is 17.0 Å². The molecule has 2 rings (SSSR count). The number of hydrogen-bond donors (Lipinski definition) is 3. The molecule has 4 N–H and O–H groups in total. The average molecular weight is 300 g/mol. The molecule has 0 amide bonds. The smallest absolute Gasteiger partial charge is 0.241 e. The number of aryl methyl sites for hydroxylation is 1. The molecule has 6 nitrogen and oxygen atoms in total. The van der Waals surface area contributed by atoms with Crippen LogP contribution >= 0.6 is 0 Å². The number of sulfonamides is 1. The number of ether oxygens (including phenoxy) is 1. The van der Waals surface area contributed by atoms with Crippen LogP contribution in [0.15, 0.2) is 23.1 Å². The highest BCUT2D eigenvalue weighted by Crippen LogP contribution is 2.24. The minimum Gasteiger partial charge on any atom is -0.398 e. The summed E-state index contributed by atoms with van der Waals surface area (Å²) in [5.41, 5.74) is 6.16. The quantitative estimate of drug-likeness (QED) is 0.699. The van der Waals surface area contributed by atoms with Gasteiger partial charge in [0, 0.05) is 18.9 Å². The summed E-state index contributed by atoms with van der Waals surface area (Å²) in [6.45, 7) is 2.42. The van der Waals surface area contributed by atoms with E-state index in [1.807, 2.05) is 6.92 Å². The van der Waals surface area contributed by atoms with Crippen molar-refractivity contribution in [1.29, 1.82) is 0 Å². The standard InChI is InChI=1S/C13H20N2O4S/c1-10-2-3-11(8-12(10)14)20(17,18)15-13(9-16)4-6-19-7-5-13/h2-3,8,15-16H,4-7,9,14H2,1H3. The van der Waals surface area contributed by atoms with Crippen LogP contribution in [0.25, 0.3) is 0 Å². The Morgan fingerprint density at radius 3 is 2.60 bits per heavy atom. The molecule has 0 atom stereocenters. The van der Waals surface area contributed by atoms with Gasteiger partial charge in [-0.25, -0.2) is 13.1 Å². The summed E-state index contributed by atoms with van der Waals surface area (Å²) in [7, 11) is -3.72. The molecule has 0 aromatic heterocycles. The Balaban J connectivity index is 2.27. The van der Waals surface area contributed by atoms with E-state index in [1.54, 1.807) is 6.07 Å². The monoisotopic (exact) mass is 300 g/mol. The fourth-order valence-electron chi connectivity index (χ4n) is 2.18. The SMILES string of the molecule is Cc1ccc(S(=O)(=O)NC2(CO)CCOCC2)cc1N. The van der Waals surface area contributed by atoms with E-state index in [1.165, 1.54) is 12.1 Å². The van der Waals surface area contributed by atoms with Crippen molar-refractivity contribution in [2.45, 2.75) is 30.2 Å². The molecule has 0 spiro atoms. The van der Waals surface area contributed by atoms with Crippen molar-refractivity contribution in [2.75, 3.05) is 25.6 Å². The molecule has 1 heterocycles. The van der Waals surface area contributed by atoms with Crippen LogP contribution in [0.3, 0.4) is 0 Å². The van der Waals surface area contributed by atoms with E-state index in [4.69, 9.17) is 10.5 Å². The zero-order valence-electron chi connectivity index (χ0n) is 11.4. The summed E-state index contributed by atoms with van der Waals surface area (Å²) in [4.78, 5) is 0.111. The number of nitrogens with one attached hydrogen (secondary N) is 1. The van der Waals surface area contributed by atoms with E-state index in [0.717, 1.165) is 5.56 Å². The molecular weight excluding hydrogens is 280 g/mol. The highest BCUT2D eigenvalue weighted by Gasteiger charge is 2.36. The van der Waals surface area contributed by atoms with Crippen LogP contribution in [-0.4, -0.2) is 38.9 Å². The lowest BCUT2D eigenvalue weighted by molar-refractivity contribution is 0.0223. The lowest BCUT2D eigenvalue weighted by Crippen LogP contribution is -2.54. The lowest BCUT2D eigenvalue weighted by atomic mass is 9.93. The second-order valence-corrected chi connectivity index (χ2v) is 6.86. The first-order valence-corrected chi connectivity index (χ1v) is 7.96. The largest absolute Gasteiger partial charge is 0.398 e. The molecular formula is C13H20N2O4S. The number of rotatable bonds is 4. The van der Waals surface area contributed by atoms with Crippen molar-refractivity contribution in [3.8, 4) is 0 Å². The summed E-state index contributed by atoms with van der Waals surface area (Å²) in [5.74, 6) is 0. The third-order valence-electron chi connectivity index (χ3n) is 3.66. The summed E-state index contributed by atoms with van der Waals surface area (Å²) in [6, 6.07) is 4.61. The maximum Gasteiger partial charge on any atom is 0.241 e. The van der Waals surface area contributed by atoms with Crippen molar-refractivity contribution in [1.82, 2.24) is 4.72 Å². The Hall–Kier alpha value is -1.15. The van der Waals surface area contributed by atoms with Crippen LogP contribution in [0.4, 0.5) is 5.69 Å². The number of nitrogen functional groups attached to an aromatic ring is 1. The third kappa shape index (κ3) is 3.12. The Labute approximate surface area is 119 Å². The first-order chi connectivity index (χ1) is 9.38. The van der Waals surface area contributed by atoms with Crippen molar-refractivity contribution >= 4 is 15.7 Å². The van der Waals surface area contributed by atoms with Gasteiger partial charge >= 0.3 is 0 Å². The highest BCUT2D eigenvalue weighted by atomic mass is 32.2. The molecule has 20 heavy (non-hydrogen) atoms. The topological polar surface area (TPSA) is 102 Å². The molecule has 0 radical (unpaired) electrons. The van der Waals surface area contributed by atoms with Gasteiger partial charge < -0.3 is 15.6 Å². The van der Waals surface area contributed by atoms with Crippen LogP contribution in [0, 0.1) is 6.92 Å². The number of nitrogens with two attached hydrogens (primary N) is 1. The average Bonchev–Trinajstić information content (AvgIpc) is 2.42. The fourth-order valence-corrected chi connectivity index (χ4v) is 3.67. The molecule has 0 bridgehead atoms. The number of hydrogen-bond acceptors (Lipinski definition) is 5. The molecule has 1 aliphatic rings. The summed E-state index contributed by atoms with van der Waals surface area (Å²) in [5, 5.41) is 9.54. The molecule has 0 aliphatic carbocycles. The van der Waals surface area contributed by atoms with E-state index in [-0.39, 0.29) is 11.5 Å². The number of aliphatic hydroxyl groups is 1. The van der Waals surface area contributed by atoms with Gasteiger partial charge in [0.25, 0.3) is 0 Å². The molecule has 1 aromatic rings. The van der Waals surface area contributed by atoms with Gasteiger partial charge in [-0.2, -0.15) is 0 Å². The molecule has 1 fully saturated rings. The molecule has 1 saturated heterocycles. The highest BCUT2D eigenvalue weighted by molar-refractivity contribution is 7.89. The van der Waals surface area contributed by atoms with E-state index < -0.39 is 15.6 Å². The van der Waals surface area contributed by atoms with Crippen LogP contribution < -0.4 is 10.5 Å². The Morgan fingerprint density at radius 1 is 1.40 bits per heavy atom. The predicted octanol–water partition coefficient (Wildman–Crippen LogP) is 0.397. The van der Waals surface area contributed by atoms with Crippen molar-refractivity contribution < 1.29 is 18.3 Å². The zero-order valence-corrected chi connectivity index (χ0v) is 12.2. The normalized spacial score (nSPS) is 18.9. The molecule has 7 heteroatoms. The van der Waals surface area contributed by atoms with Crippen LogP contribution in [0.5, 0.6) is 0 Å².